The number of nitrogens with zero attached hydrogens (tertiary/aromatic N) is 2. The van der Waals surface area contributed by atoms with Gasteiger partial charge in [-0.3, -0.25) is 24.2 Å². The Bertz CT molecular complexity index is 1930. The standard InChI is InChI=1S/C34H40N6O8S2/c1-47-31(42)21-6-11-40(12-7-21)19-20-3-2-4-22(15-20)24-16-23-8-13-48-28(23)27(17-24)50(45,46)39-26-9-14-49-29(26)30(41)38-34(32(43)44)18-25(34)5-10-37-33(35)36/h2-4,9,14-17,21,25,39H,5-8,10-13,18-19H2,1H3,(H,38,41)(H,43,44)(H4,35,36,37)/t25-,34?/m1/s1. The van der Waals surface area contributed by atoms with Crippen molar-refractivity contribution in [2.75, 3.05) is 38.1 Å². The second-order valence-corrected chi connectivity index (χ2v) is 15.4. The minimum atomic E-state index is -4.27. The Morgan fingerprint density at radius 2 is 1.92 bits per heavy atom. The van der Waals surface area contributed by atoms with Crippen molar-refractivity contribution < 1.29 is 37.4 Å². The Morgan fingerprint density at radius 1 is 1.14 bits per heavy atom. The number of hydrogen-bond acceptors (Lipinski definition) is 10. The number of aliphatic carboxylic acids is 1. The quantitative estimate of drug-likeness (QED) is 0.0982. The van der Waals surface area contributed by atoms with E-state index in [-0.39, 0.29) is 57.9 Å². The monoisotopic (exact) mass is 724 g/mol. The van der Waals surface area contributed by atoms with Gasteiger partial charge in [0.2, 0.25) is 0 Å². The van der Waals surface area contributed by atoms with Crippen LogP contribution in [0.15, 0.2) is 57.7 Å². The fraction of sp³-hybridized carbons (Fsp3) is 0.412. The molecule has 0 radical (unpaired) electrons. The average molecular weight is 725 g/mol. The van der Waals surface area contributed by atoms with E-state index in [1.165, 1.54) is 13.2 Å². The number of nitrogens with two attached hydrogens (primary N) is 2. The van der Waals surface area contributed by atoms with Gasteiger partial charge >= 0.3 is 11.9 Å². The molecular formula is C34H40N6O8S2. The van der Waals surface area contributed by atoms with Gasteiger partial charge < -0.3 is 31.4 Å². The molecule has 3 aromatic rings. The number of benzene rings is 2. The molecule has 1 aliphatic carbocycles. The number of carbonyl (C=O) groups is 3. The highest BCUT2D eigenvalue weighted by Crippen LogP contribution is 2.47. The number of sulfonamides is 1. The molecule has 50 heavy (non-hydrogen) atoms. The number of nitrogens with one attached hydrogen (secondary N) is 2. The number of piperidine rings is 1. The van der Waals surface area contributed by atoms with Crippen LogP contribution >= 0.6 is 11.3 Å². The van der Waals surface area contributed by atoms with Crippen LogP contribution in [0.25, 0.3) is 11.1 Å². The summed E-state index contributed by atoms with van der Waals surface area (Å²) in [6.07, 6.45) is 2.57. The van der Waals surface area contributed by atoms with Gasteiger partial charge in [0.05, 0.1) is 25.3 Å². The van der Waals surface area contributed by atoms with E-state index in [1.54, 1.807) is 11.4 Å². The summed E-state index contributed by atoms with van der Waals surface area (Å²) >= 11 is 0.996. The summed E-state index contributed by atoms with van der Waals surface area (Å²) in [6, 6.07) is 12.9. The Labute approximate surface area is 293 Å². The van der Waals surface area contributed by atoms with Gasteiger partial charge in [-0.2, -0.15) is 0 Å². The highest BCUT2D eigenvalue weighted by Gasteiger charge is 2.61. The minimum Gasteiger partial charge on any atom is -0.492 e. The molecule has 2 aliphatic heterocycles. The number of guanidine groups is 1. The van der Waals surface area contributed by atoms with Crippen LogP contribution in [0.5, 0.6) is 5.75 Å². The van der Waals surface area contributed by atoms with Crippen molar-refractivity contribution in [3.63, 3.8) is 0 Å². The summed E-state index contributed by atoms with van der Waals surface area (Å²) in [7, 11) is -2.85. The first-order valence-electron chi connectivity index (χ1n) is 16.3. The van der Waals surface area contributed by atoms with Crippen LogP contribution in [0.1, 0.15) is 46.5 Å². The maximum absolute atomic E-state index is 14.0. The predicted octanol–water partition coefficient (Wildman–Crippen LogP) is 2.77. The van der Waals surface area contributed by atoms with E-state index in [2.05, 4.69) is 19.9 Å². The molecule has 7 N–H and O–H groups in total. The summed E-state index contributed by atoms with van der Waals surface area (Å²) in [5.74, 6) is -2.36. The lowest BCUT2D eigenvalue weighted by atomic mass is 9.96. The van der Waals surface area contributed by atoms with Gasteiger partial charge in [-0.25, -0.2) is 13.2 Å². The van der Waals surface area contributed by atoms with Crippen LogP contribution in [0.4, 0.5) is 5.69 Å². The number of aliphatic imine (C=N–C) groups is 1. The number of carbonyl (C=O) groups excluding carboxylic acids is 2. The Kier molecular flexibility index (Phi) is 10.0. The molecule has 3 aliphatic rings. The molecule has 14 nitrogen and oxygen atoms in total. The van der Waals surface area contributed by atoms with Gasteiger partial charge in [-0.1, -0.05) is 18.2 Å². The van der Waals surface area contributed by atoms with Crippen LogP contribution < -0.4 is 26.2 Å². The largest absolute Gasteiger partial charge is 0.492 e. The number of esters is 1. The summed E-state index contributed by atoms with van der Waals surface area (Å²) in [5, 5.41) is 14.1. The van der Waals surface area contributed by atoms with E-state index < -0.39 is 27.4 Å². The van der Waals surface area contributed by atoms with Gasteiger partial charge in [0, 0.05) is 19.5 Å². The number of likely N-dealkylation sites (tertiary alicyclic amines) is 1. The predicted molar refractivity (Wildman–Crippen MR) is 187 cm³/mol. The zero-order chi connectivity index (χ0) is 35.6. The molecule has 0 spiro atoms. The molecule has 3 heterocycles. The average Bonchev–Trinajstić information content (AvgIpc) is 3.37. The molecule has 0 bridgehead atoms. The topological polar surface area (TPSA) is 216 Å². The highest BCUT2D eigenvalue weighted by atomic mass is 32.2. The lowest BCUT2D eigenvalue weighted by molar-refractivity contribution is -0.147. The summed E-state index contributed by atoms with van der Waals surface area (Å²) in [4.78, 5) is 43.7. The number of carboxylic acid groups (broad SMARTS) is 1. The van der Waals surface area contributed by atoms with E-state index in [1.807, 2.05) is 30.3 Å². The first-order chi connectivity index (χ1) is 23.9. The van der Waals surface area contributed by atoms with E-state index >= 15 is 0 Å². The molecule has 1 amide bonds. The molecule has 1 saturated heterocycles. The first kappa shape index (κ1) is 35.2. The number of methoxy groups -OCH3 is 1. The summed E-state index contributed by atoms with van der Waals surface area (Å²) < 4.78 is 41.2. The van der Waals surface area contributed by atoms with Crippen LogP contribution in [0.3, 0.4) is 0 Å². The molecule has 16 heteroatoms. The molecule has 1 unspecified atom stereocenters. The zero-order valence-corrected chi connectivity index (χ0v) is 29.1. The van der Waals surface area contributed by atoms with Gasteiger partial charge in [0.1, 0.15) is 21.1 Å². The Hall–Kier alpha value is -4.67. The van der Waals surface area contributed by atoms with E-state index in [4.69, 9.17) is 20.9 Å². The van der Waals surface area contributed by atoms with Crippen molar-refractivity contribution in [1.29, 1.82) is 0 Å². The number of anilines is 1. The number of hydrogen-bond donors (Lipinski definition) is 5. The molecule has 2 atom stereocenters. The molecule has 6 rings (SSSR count). The normalized spacial score (nSPS) is 20.3. The summed E-state index contributed by atoms with van der Waals surface area (Å²) in [5.41, 5.74) is 12.6. The van der Waals surface area contributed by atoms with Crippen molar-refractivity contribution in [2.24, 2.45) is 28.3 Å². The fourth-order valence-corrected chi connectivity index (χ4v) is 8.86. The van der Waals surface area contributed by atoms with Gasteiger partial charge in [0.15, 0.2) is 5.96 Å². The van der Waals surface area contributed by atoms with Crippen LogP contribution in [-0.4, -0.2) is 81.1 Å². The second kappa shape index (κ2) is 14.3. The van der Waals surface area contributed by atoms with E-state index in [0.717, 1.165) is 54.0 Å². The van der Waals surface area contributed by atoms with Gasteiger partial charge in [0.25, 0.3) is 15.9 Å². The fourth-order valence-electron chi connectivity index (χ4n) is 6.76. The van der Waals surface area contributed by atoms with Crippen molar-refractivity contribution in [3.8, 4) is 16.9 Å². The number of rotatable bonds is 13. The van der Waals surface area contributed by atoms with Gasteiger partial charge in [-0.15, -0.1) is 11.3 Å². The highest BCUT2D eigenvalue weighted by molar-refractivity contribution is 7.92. The number of fused-ring (bicyclic) bond motifs is 1. The second-order valence-electron chi connectivity index (χ2n) is 12.8. The van der Waals surface area contributed by atoms with Crippen LogP contribution in [0, 0.1) is 11.8 Å². The third kappa shape index (κ3) is 7.41. The maximum Gasteiger partial charge on any atom is 0.329 e. The number of carboxylic acids is 1. The third-order valence-electron chi connectivity index (χ3n) is 9.54. The van der Waals surface area contributed by atoms with Crippen LogP contribution in [-0.2, 0) is 37.3 Å². The lowest BCUT2D eigenvalue weighted by Crippen LogP contribution is -2.45. The van der Waals surface area contributed by atoms with Gasteiger partial charge in [-0.05, 0) is 96.6 Å². The smallest absolute Gasteiger partial charge is 0.329 e. The number of amides is 1. The third-order valence-corrected chi connectivity index (χ3v) is 11.8. The zero-order valence-electron chi connectivity index (χ0n) is 27.5. The van der Waals surface area contributed by atoms with Crippen molar-refractivity contribution >= 4 is 50.9 Å². The van der Waals surface area contributed by atoms with Crippen molar-refractivity contribution in [2.45, 2.75) is 49.1 Å². The first-order valence-corrected chi connectivity index (χ1v) is 18.7. The number of ether oxygens (including phenoxy) is 2. The minimum absolute atomic E-state index is 0.0286. The molecule has 1 aromatic heterocycles. The van der Waals surface area contributed by atoms with Crippen molar-refractivity contribution in [1.82, 2.24) is 10.2 Å². The number of thiophene rings is 1. The maximum atomic E-state index is 14.0. The van der Waals surface area contributed by atoms with Crippen LogP contribution in [0.2, 0.25) is 0 Å². The Morgan fingerprint density at radius 3 is 2.64 bits per heavy atom. The molecule has 266 valence electrons. The molecular weight excluding hydrogens is 685 g/mol. The SMILES string of the molecule is COC(=O)C1CCN(Cc2cccc(-c3cc4c(c(S(=O)(=O)Nc5ccsc5C(=O)NC5(C(=O)O)C[C@H]5CCN=C(N)N)c3)OCC4)c2)CC1. The Balaban J connectivity index is 1.19. The lowest BCUT2D eigenvalue weighted by Gasteiger charge is -2.30. The molecule has 2 fully saturated rings. The van der Waals surface area contributed by atoms with E-state index in [9.17, 15) is 27.9 Å². The molecule has 2 aromatic carbocycles. The van der Waals surface area contributed by atoms with E-state index in [0.29, 0.717) is 31.6 Å². The summed E-state index contributed by atoms with van der Waals surface area (Å²) in [6.45, 7) is 2.78. The van der Waals surface area contributed by atoms with Crippen molar-refractivity contribution in [3.05, 3.63) is 63.8 Å². The molecule has 1 saturated carbocycles.